The average molecular weight is 264 g/mol. The second kappa shape index (κ2) is 6.78. The minimum Gasteiger partial charge on any atom is -0.491 e. The van der Waals surface area contributed by atoms with E-state index in [2.05, 4.69) is 22.3 Å². The number of ether oxygens (including phenoxy) is 2. The number of nitrogens with zero attached hydrogens (tertiary/aromatic N) is 1. The van der Waals surface area contributed by atoms with E-state index in [0.29, 0.717) is 12.7 Å². The second-order valence-electron chi connectivity index (χ2n) is 5.22. The Kier molecular flexibility index (Phi) is 5.05. The van der Waals surface area contributed by atoms with Crippen molar-refractivity contribution in [3.63, 3.8) is 0 Å². The first kappa shape index (κ1) is 14.2. The van der Waals surface area contributed by atoms with Gasteiger partial charge < -0.3 is 19.7 Å². The molecule has 2 atom stereocenters. The first-order chi connectivity index (χ1) is 9.19. The maximum Gasteiger partial charge on any atom is 0.121 e. The lowest BCUT2D eigenvalue weighted by Crippen LogP contribution is -2.25. The Morgan fingerprint density at radius 1 is 1.32 bits per heavy atom. The van der Waals surface area contributed by atoms with Gasteiger partial charge in [0.15, 0.2) is 0 Å². The second-order valence-corrected chi connectivity index (χ2v) is 5.22. The van der Waals surface area contributed by atoms with Crippen LogP contribution in [0.5, 0.6) is 5.75 Å². The molecule has 1 aliphatic rings. The highest BCUT2D eigenvalue weighted by Gasteiger charge is 2.25. The molecule has 0 saturated carbocycles. The van der Waals surface area contributed by atoms with Crippen LogP contribution in [0.15, 0.2) is 24.3 Å². The number of hydrogen-bond donors (Lipinski definition) is 1. The van der Waals surface area contributed by atoms with Gasteiger partial charge in [0.05, 0.1) is 12.2 Å². The summed E-state index contributed by atoms with van der Waals surface area (Å²) in [5.74, 6) is 0.909. The van der Waals surface area contributed by atoms with Crippen LogP contribution in [0.4, 0.5) is 5.69 Å². The highest BCUT2D eigenvalue weighted by atomic mass is 16.5. The average Bonchev–Trinajstić information content (AvgIpc) is 2.85. The highest BCUT2D eigenvalue weighted by Crippen LogP contribution is 2.23. The Bertz CT molecular complexity index is 395. The van der Waals surface area contributed by atoms with Crippen molar-refractivity contribution in [2.24, 2.45) is 0 Å². The van der Waals surface area contributed by atoms with Gasteiger partial charge in [0, 0.05) is 32.4 Å². The van der Waals surface area contributed by atoms with Gasteiger partial charge in [-0.1, -0.05) is 6.07 Å². The normalized spacial score (nSPS) is 22.5. The molecular weight excluding hydrogens is 240 g/mol. The maximum atomic E-state index is 5.90. The van der Waals surface area contributed by atoms with E-state index in [0.717, 1.165) is 30.8 Å². The van der Waals surface area contributed by atoms with Crippen LogP contribution in [0.2, 0.25) is 0 Å². The summed E-state index contributed by atoms with van der Waals surface area (Å²) in [6.07, 6.45) is 2.76. The lowest BCUT2D eigenvalue weighted by Gasteiger charge is -2.16. The number of benzene rings is 1. The number of hydrogen-bond acceptors (Lipinski definition) is 4. The van der Waals surface area contributed by atoms with Crippen LogP contribution in [0.3, 0.4) is 0 Å². The fourth-order valence-electron chi connectivity index (χ4n) is 2.32. The standard InChI is InChI=1S/C15H24N2O2/c1-16-10-14-7-8-15(19-14)11-18-13-6-4-5-12(9-13)17(2)3/h4-6,9,14-16H,7-8,10-11H2,1-3H3. The van der Waals surface area contributed by atoms with Gasteiger partial charge in [-0.15, -0.1) is 0 Å². The lowest BCUT2D eigenvalue weighted by molar-refractivity contribution is 0.0193. The summed E-state index contributed by atoms with van der Waals surface area (Å²) < 4.78 is 11.7. The van der Waals surface area contributed by atoms with Gasteiger partial charge in [0.2, 0.25) is 0 Å². The maximum absolute atomic E-state index is 5.90. The molecule has 0 spiro atoms. The summed E-state index contributed by atoms with van der Waals surface area (Å²) in [4.78, 5) is 2.07. The first-order valence-electron chi connectivity index (χ1n) is 6.89. The molecule has 1 aromatic rings. The zero-order valence-electron chi connectivity index (χ0n) is 12.1. The summed E-state index contributed by atoms with van der Waals surface area (Å²) >= 11 is 0. The third-order valence-corrected chi connectivity index (χ3v) is 3.40. The van der Waals surface area contributed by atoms with Crippen LogP contribution in [-0.4, -0.2) is 46.5 Å². The van der Waals surface area contributed by atoms with E-state index in [4.69, 9.17) is 9.47 Å². The van der Waals surface area contributed by atoms with Gasteiger partial charge in [-0.2, -0.15) is 0 Å². The van der Waals surface area contributed by atoms with Crippen molar-refractivity contribution in [2.45, 2.75) is 25.0 Å². The fraction of sp³-hybridized carbons (Fsp3) is 0.600. The van der Waals surface area contributed by atoms with Gasteiger partial charge in [0.1, 0.15) is 12.4 Å². The molecule has 1 N–H and O–H groups in total. The topological polar surface area (TPSA) is 33.7 Å². The predicted molar refractivity (Wildman–Crippen MR) is 78.1 cm³/mol. The molecule has 0 amide bonds. The Morgan fingerprint density at radius 3 is 2.84 bits per heavy atom. The van der Waals surface area contributed by atoms with Crippen LogP contribution < -0.4 is 15.0 Å². The summed E-state index contributed by atoms with van der Waals surface area (Å²) in [5, 5.41) is 3.15. The molecule has 2 rings (SSSR count). The SMILES string of the molecule is CNCC1CCC(COc2cccc(N(C)C)c2)O1. The van der Waals surface area contributed by atoms with Gasteiger partial charge >= 0.3 is 0 Å². The monoisotopic (exact) mass is 264 g/mol. The Morgan fingerprint density at radius 2 is 2.11 bits per heavy atom. The van der Waals surface area contributed by atoms with E-state index < -0.39 is 0 Å². The number of likely N-dealkylation sites (N-methyl/N-ethyl adjacent to an activating group) is 1. The number of rotatable bonds is 6. The quantitative estimate of drug-likeness (QED) is 0.851. The number of nitrogens with one attached hydrogen (secondary N) is 1. The van der Waals surface area contributed by atoms with E-state index in [1.165, 1.54) is 0 Å². The lowest BCUT2D eigenvalue weighted by atomic mass is 10.2. The van der Waals surface area contributed by atoms with E-state index in [-0.39, 0.29) is 6.10 Å². The Labute approximate surface area is 115 Å². The fourth-order valence-corrected chi connectivity index (χ4v) is 2.32. The van der Waals surface area contributed by atoms with Gasteiger partial charge in [-0.05, 0) is 32.0 Å². The summed E-state index contributed by atoms with van der Waals surface area (Å²) in [6.45, 7) is 1.56. The number of anilines is 1. The molecule has 0 aliphatic carbocycles. The molecule has 2 unspecified atom stereocenters. The Balaban J connectivity index is 1.81. The molecule has 1 saturated heterocycles. The molecule has 1 aliphatic heterocycles. The molecule has 1 fully saturated rings. The first-order valence-corrected chi connectivity index (χ1v) is 6.89. The van der Waals surface area contributed by atoms with Crippen molar-refractivity contribution in [3.8, 4) is 5.75 Å². The van der Waals surface area contributed by atoms with Crippen LogP contribution in [0, 0.1) is 0 Å². The molecule has 1 heterocycles. The molecule has 0 bridgehead atoms. The van der Waals surface area contributed by atoms with E-state index in [1.807, 2.05) is 33.3 Å². The molecule has 4 nitrogen and oxygen atoms in total. The molecule has 0 aromatic heterocycles. The van der Waals surface area contributed by atoms with E-state index in [1.54, 1.807) is 0 Å². The minimum atomic E-state index is 0.223. The van der Waals surface area contributed by atoms with Crippen molar-refractivity contribution >= 4 is 5.69 Å². The summed E-state index contributed by atoms with van der Waals surface area (Å²) in [6, 6.07) is 8.14. The van der Waals surface area contributed by atoms with Crippen molar-refractivity contribution in [2.75, 3.05) is 39.2 Å². The largest absolute Gasteiger partial charge is 0.491 e. The van der Waals surface area contributed by atoms with Crippen LogP contribution in [0.25, 0.3) is 0 Å². The van der Waals surface area contributed by atoms with Gasteiger partial charge in [-0.25, -0.2) is 0 Å². The van der Waals surface area contributed by atoms with Gasteiger partial charge in [-0.3, -0.25) is 0 Å². The predicted octanol–water partition coefficient (Wildman–Crippen LogP) is 1.90. The van der Waals surface area contributed by atoms with Crippen molar-refractivity contribution in [3.05, 3.63) is 24.3 Å². The van der Waals surface area contributed by atoms with Crippen LogP contribution in [0.1, 0.15) is 12.8 Å². The third kappa shape index (κ3) is 4.11. The smallest absolute Gasteiger partial charge is 0.121 e. The molecule has 106 valence electrons. The molecule has 1 aromatic carbocycles. The van der Waals surface area contributed by atoms with Crippen molar-refractivity contribution in [1.29, 1.82) is 0 Å². The van der Waals surface area contributed by atoms with Crippen LogP contribution >= 0.6 is 0 Å². The zero-order chi connectivity index (χ0) is 13.7. The van der Waals surface area contributed by atoms with E-state index >= 15 is 0 Å². The zero-order valence-corrected chi connectivity index (χ0v) is 12.1. The molecule has 0 radical (unpaired) electrons. The molecule has 4 heteroatoms. The van der Waals surface area contributed by atoms with Crippen molar-refractivity contribution < 1.29 is 9.47 Å². The third-order valence-electron chi connectivity index (χ3n) is 3.40. The van der Waals surface area contributed by atoms with Gasteiger partial charge in [0.25, 0.3) is 0 Å². The molecule has 19 heavy (non-hydrogen) atoms. The summed E-state index contributed by atoms with van der Waals surface area (Å²) in [5.41, 5.74) is 1.15. The van der Waals surface area contributed by atoms with E-state index in [9.17, 15) is 0 Å². The highest BCUT2D eigenvalue weighted by molar-refractivity contribution is 5.49. The molecular formula is C15H24N2O2. The van der Waals surface area contributed by atoms with Crippen LogP contribution in [-0.2, 0) is 4.74 Å². The Hall–Kier alpha value is -1.26. The van der Waals surface area contributed by atoms with Crippen molar-refractivity contribution in [1.82, 2.24) is 5.32 Å². The summed E-state index contributed by atoms with van der Waals surface area (Å²) in [7, 11) is 6.02. The minimum absolute atomic E-state index is 0.223.